The molecule has 0 unspecified atom stereocenters. The van der Waals surface area contributed by atoms with Crippen LogP contribution in [0.1, 0.15) is 17.6 Å². The average Bonchev–Trinajstić information content (AvgIpc) is 2.08. The lowest BCUT2D eigenvalue weighted by molar-refractivity contribution is 0.149. The minimum absolute atomic E-state index is 0.0569. The van der Waals surface area contributed by atoms with Gasteiger partial charge in [0.1, 0.15) is 5.02 Å². The topological polar surface area (TPSA) is 38.9 Å². The fourth-order valence-electron chi connectivity index (χ4n) is 0.911. The van der Waals surface area contributed by atoms with Crippen molar-refractivity contribution in [3.05, 3.63) is 28.3 Å². The van der Waals surface area contributed by atoms with Crippen molar-refractivity contribution in [2.45, 2.75) is 13.0 Å². The molecule has 2 nitrogen and oxygen atoms in total. The van der Waals surface area contributed by atoms with Crippen LogP contribution >= 0.6 is 11.6 Å². The van der Waals surface area contributed by atoms with Gasteiger partial charge in [0.05, 0.1) is 0 Å². The van der Waals surface area contributed by atoms with Gasteiger partial charge in [0.2, 0.25) is 5.95 Å². The van der Waals surface area contributed by atoms with Crippen LogP contribution in [0.5, 0.6) is 0 Å². The van der Waals surface area contributed by atoms with Crippen molar-refractivity contribution in [2.24, 2.45) is 5.73 Å². The average molecular weight is 211 g/mol. The molecule has 0 bridgehead atoms. The lowest BCUT2D eigenvalue weighted by atomic mass is 10.1. The Morgan fingerprint density at radius 3 is 2.62 bits per heavy atom. The first-order valence-corrected chi connectivity index (χ1v) is 3.76. The zero-order valence-electron chi connectivity index (χ0n) is 6.40. The number of hydrogen-bond acceptors (Lipinski definition) is 2. The molecule has 0 fully saturated rings. The molecule has 2 N–H and O–H groups in total. The number of hydrogen-bond donors (Lipinski definition) is 1. The maximum absolute atomic E-state index is 12.6. The third-order valence-corrected chi connectivity index (χ3v) is 1.89. The second-order valence-corrected chi connectivity index (χ2v) is 2.68. The third-order valence-electron chi connectivity index (χ3n) is 1.54. The van der Waals surface area contributed by atoms with Gasteiger partial charge >= 0.3 is 0 Å². The van der Waals surface area contributed by atoms with Crippen LogP contribution in [0.15, 0.2) is 6.20 Å². The first-order valence-electron chi connectivity index (χ1n) is 3.39. The molecule has 1 rings (SSSR count). The molecule has 0 saturated heterocycles. The van der Waals surface area contributed by atoms with E-state index in [1.165, 1.54) is 0 Å². The number of aromatic nitrogens is 1. The molecule has 0 aromatic carbocycles. The monoisotopic (exact) mass is 210 g/mol. The van der Waals surface area contributed by atoms with Crippen molar-refractivity contribution in [3.8, 4) is 0 Å². The van der Waals surface area contributed by atoms with E-state index in [0.717, 1.165) is 6.20 Å². The highest BCUT2D eigenvalue weighted by molar-refractivity contribution is 6.31. The van der Waals surface area contributed by atoms with Crippen LogP contribution in [0.25, 0.3) is 0 Å². The molecular weight excluding hydrogens is 205 g/mol. The van der Waals surface area contributed by atoms with E-state index < -0.39 is 23.0 Å². The van der Waals surface area contributed by atoms with Gasteiger partial charge in [0, 0.05) is 18.3 Å². The second-order valence-electron chi connectivity index (χ2n) is 2.31. The Hall–Kier alpha value is -0.810. The molecule has 6 heteroatoms. The normalized spacial score (nSPS) is 10.9. The molecule has 0 saturated carbocycles. The van der Waals surface area contributed by atoms with E-state index in [4.69, 9.17) is 17.3 Å². The van der Waals surface area contributed by atoms with Crippen LogP contribution < -0.4 is 5.73 Å². The second kappa shape index (κ2) is 3.93. The van der Waals surface area contributed by atoms with Gasteiger partial charge in [0.15, 0.2) is 0 Å². The SMILES string of the molecule is NCc1cnc(F)c(Cl)c1C(F)F. The molecule has 13 heavy (non-hydrogen) atoms. The van der Waals surface area contributed by atoms with Crippen LogP contribution in [0, 0.1) is 5.95 Å². The van der Waals surface area contributed by atoms with Crippen LogP contribution in [-0.2, 0) is 6.54 Å². The Morgan fingerprint density at radius 2 is 2.15 bits per heavy atom. The number of halogens is 4. The largest absolute Gasteiger partial charge is 0.326 e. The van der Waals surface area contributed by atoms with Crippen LogP contribution in [0.4, 0.5) is 13.2 Å². The van der Waals surface area contributed by atoms with E-state index >= 15 is 0 Å². The molecular formula is C7H6ClF3N2. The summed E-state index contributed by atoms with van der Waals surface area (Å²) in [4.78, 5) is 3.18. The van der Waals surface area contributed by atoms with Crippen molar-refractivity contribution in [1.29, 1.82) is 0 Å². The molecule has 0 radical (unpaired) electrons. The summed E-state index contributed by atoms with van der Waals surface area (Å²) in [7, 11) is 0. The zero-order valence-corrected chi connectivity index (χ0v) is 7.15. The van der Waals surface area contributed by atoms with Crippen molar-refractivity contribution in [2.75, 3.05) is 0 Å². The third kappa shape index (κ3) is 1.92. The Bertz CT molecular complexity index is 317. The maximum atomic E-state index is 12.6. The highest BCUT2D eigenvalue weighted by Crippen LogP contribution is 2.30. The lowest BCUT2D eigenvalue weighted by Gasteiger charge is -2.08. The molecule has 72 valence electrons. The molecule has 0 spiro atoms. The smallest absolute Gasteiger partial charge is 0.265 e. The van der Waals surface area contributed by atoms with E-state index in [-0.39, 0.29) is 12.1 Å². The molecule has 0 aliphatic carbocycles. The van der Waals surface area contributed by atoms with Crippen LogP contribution in [0.3, 0.4) is 0 Å². The number of nitrogens with zero attached hydrogens (tertiary/aromatic N) is 1. The quantitative estimate of drug-likeness (QED) is 0.761. The number of pyridine rings is 1. The maximum Gasteiger partial charge on any atom is 0.265 e. The highest BCUT2D eigenvalue weighted by atomic mass is 35.5. The van der Waals surface area contributed by atoms with Gasteiger partial charge in [-0.15, -0.1) is 0 Å². The molecule has 0 aliphatic rings. The predicted molar refractivity (Wildman–Crippen MR) is 42.1 cm³/mol. The number of rotatable bonds is 2. The summed E-state index contributed by atoms with van der Waals surface area (Å²) >= 11 is 5.30. The van der Waals surface area contributed by atoms with Crippen molar-refractivity contribution < 1.29 is 13.2 Å². The van der Waals surface area contributed by atoms with Gasteiger partial charge in [-0.2, -0.15) is 4.39 Å². The van der Waals surface area contributed by atoms with E-state index in [0.29, 0.717) is 0 Å². The molecule has 0 atom stereocenters. The first-order chi connectivity index (χ1) is 6.07. The lowest BCUT2D eigenvalue weighted by Crippen LogP contribution is -2.05. The summed E-state index contributed by atoms with van der Waals surface area (Å²) in [6, 6.07) is 0. The summed E-state index contributed by atoms with van der Waals surface area (Å²) in [6.45, 7) is -0.146. The molecule has 1 aromatic heterocycles. The molecule has 0 aliphatic heterocycles. The van der Waals surface area contributed by atoms with E-state index in [9.17, 15) is 13.2 Å². The van der Waals surface area contributed by atoms with E-state index in [1.54, 1.807) is 0 Å². The minimum atomic E-state index is -2.84. The first kappa shape index (κ1) is 10.3. The van der Waals surface area contributed by atoms with Crippen molar-refractivity contribution in [3.63, 3.8) is 0 Å². The summed E-state index contributed by atoms with van der Waals surface area (Å²) < 4.78 is 37.3. The molecule has 0 amide bonds. The van der Waals surface area contributed by atoms with E-state index in [2.05, 4.69) is 4.98 Å². The van der Waals surface area contributed by atoms with Gasteiger partial charge in [0.25, 0.3) is 6.43 Å². The van der Waals surface area contributed by atoms with Crippen molar-refractivity contribution >= 4 is 11.6 Å². The summed E-state index contributed by atoms with van der Waals surface area (Å²) in [5.74, 6) is -1.10. The molecule has 1 heterocycles. The summed E-state index contributed by atoms with van der Waals surface area (Å²) in [6.07, 6.45) is -1.88. The van der Waals surface area contributed by atoms with Crippen molar-refractivity contribution in [1.82, 2.24) is 4.98 Å². The van der Waals surface area contributed by atoms with Crippen LogP contribution in [0.2, 0.25) is 5.02 Å². The Morgan fingerprint density at radius 1 is 1.54 bits per heavy atom. The van der Waals surface area contributed by atoms with E-state index in [1.807, 2.05) is 0 Å². The molecule has 1 aromatic rings. The summed E-state index contributed by atoms with van der Waals surface area (Å²) in [5, 5.41) is -0.655. The Kier molecular flexibility index (Phi) is 3.11. The standard InChI is InChI=1S/C7H6ClF3N2/c8-5-4(6(9)10)3(1-12)2-13-7(5)11/h2,6H,1,12H2. The number of alkyl halides is 2. The van der Waals surface area contributed by atoms with Gasteiger partial charge in [-0.1, -0.05) is 11.6 Å². The highest BCUT2D eigenvalue weighted by Gasteiger charge is 2.20. The fraction of sp³-hybridized carbons (Fsp3) is 0.286. The minimum Gasteiger partial charge on any atom is -0.326 e. The predicted octanol–water partition coefficient (Wildman–Crippen LogP) is 2.27. The Balaban J connectivity index is 3.32. The fourth-order valence-corrected chi connectivity index (χ4v) is 1.16. The van der Waals surface area contributed by atoms with Crippen LogP contribution in [-0.4, -0.2) is 4.98 Å². The van der Waals surface area contributed by atoms with Gasteiger partial charge in [-0.25, -0.2) is 13.8 Å². The zero-order chi connectivity index (χ0) is 10.0. The Labute approximate surface area is 77.5 Å². The summed E-state index contributed by atoms with van der Waals surface area (Å²) in [5.41, 5.74) is 4.64. The number of nitrogens with two attached hydrogens (primary N) is 1. The van der Waals surface area contributed by atoms with Gasteiger partial charge in [-0.3, -0.25) is 0 Å². The van der Waals surface area contributed by atoms with Gasteiger partial charge < -0.3 is 5.73 Å². The van der Waals surface area contributed by atoms with Gasteiger partial charge in [-0.05, 0) is 5.56 Å².